The average Bonchev–Trinajstić information content (AvgIpc) is 3.30. The summed E-state index contributed by atoms with van der Waals surface area (Å²) in [6.45, 7) is 2.92. The SMILES string of the molecule is CC1CC1C(=O)N1CCN(S(=O)(=O)c2ccc(C(F)(F)F)cc2)CC1. The molecule has 2 aliphatic rings. The molecular weight excluding hydrogens is 357 g/mol. The molecule has 1 saturated carbocycles. The molecule has 1 heterocycles. The summed E-state index contributed by atoms with van der Waals surface area (Å²) in [5.41, 5.74) is -0.889. The van der Waals surface area contributed by atoms with Gasteiger partial charge in [-0.05, 0) is 36.6 Å². The number of sulfonamides is 1. The first-order valence-electron chi connectivity index (χ1n) is 8.07. The Hall–Kier alpha value is -1.61. The maximum atomic E-state index is 12.6. The lowest BCUT2D eigenvalue weighted by Crippen LogP contribution is -2.51. The first-order chi connectivity index (χ1) is 11.6. The standard InChI is InChI=1S/C16H19F3N2O3S/c1-11-10-14(11)15(22)20-6-8-21(9-7-20)25(23,24)13-4-2-12(3-5-13)16(17,18)19/h2-5,11,14H,6-10H2,1H3. The minimum absolute atomic E-state index is 0.0538. The summed E-state index contributed by atoms with van der Waals surface area (Å²) >= 11 is 0. The third-order valence-corrected chi connectivity index (χ3v) is 6.71. The van der Waals surface area contributed by atoms with Crippen LogP contribution in [0.1, 0.15) is 18.9 Å². The van der Waals surface area contributed by atoms with E-state index in [4.69, 9.17) is 0 Å². The summed E-state index contributed by atoms with van der Waals surface area (Å²) in [6.07, 6.45) is -3.63. The molecule has 2 atom stereocenters. The second kappa shape index (κ2) is 6.28. The van der Waals surface area contributed by atoms with Crippen LogP contribution in [0.25, 0.3) is 0 Å². The molecule has 0 aromatic heterocycles. The zero-order chi connectivity index (χ0) is 18.4. The molecule has 0 N–H and O–H groups in total. The number of nitrogens with zero attached hydrogens (tertiary/aromatic N) is 2. The van der Waals surface area contributed by atoms with Crippen LogP contribution in [-0.2, 0) is 21.0 Å². The van der Waals surface area contributed by atoms with Crippen molar-refractivity contribution in [2.45, 2.75) is 24.4 Å². The normalized spacial score (nSPS) is 25.0. The zero-order valence-electron chi connectivity index (χ0n) is 13.7. The molecule has 9 heteroatoms. The largest absolute Gasteiger partial charge is 0.416 e. The molecule has 1 aliphatic carbocycles. The van der Waals surface area contributed by atoms with Crippen LogP contribution < -0.4 is 0 Å². The molecule has 138 valence electrons. The van der Waals surface area contributed by atoms with Crippen LogP contribution in [-0.4, -0.2) is 49.7 Å². The van der Waals surface area contributed by atoms with Gasteiger partial charge in [-0.15, -0.1) is 0 Å². The fraction of sp³-hybridized carbons (Fsp3) is 0.562. The molecule has 1 saturated heterocycles. The van der Waals surface area contributed by atoms with E-state index in [1.54, 1.807) is 4.90 Å². The first kappa shape index (κ1) is 18.2. The van der Waals surface area contributed by atoms with Crippen molar-refractivity contribution >= 4 is 15.9 Å². The van der Waals surface area contributed by atoms with Crippen molar-refractivity contribution in [1.82, 2.24) is 9.21 Å². The van der Waals surface area contributed by atoms with Crippen molar-refractivity contribution in [2.75, 3.05) is 26.2 Å². The maximum absolute atomic E-state index is 12.6. The summed E-state index contributed by atoms with van der Waals surface area (Å²) in [4.78, 5) is 13.7. The van der Waals surface area contributed by atoms with E-state index in [0.29, 0.717) is 19.0 Å². The van der Waals surface area contributed by atoms with Gasteiger partial charge >= 0.3 is 6.18 Å². The molecule has 2 unspecified atom stereocenters. The molecule has 0 bridgehead atoms. The van der Waals surface area contributed by atoms with E-state index >= 15 is 0 Å². The Morgan fingerprint density at radius 2 is 1.60 bits per heavy atom. The lowest BCUT2D eigenvalue weighted by Gasteiger charge is -2.34. The Bertz CT molecular complexity index is 754. The molecule has 5 nitrogen and oxygen atoms in total. The van der Waals surface area contributed by atoms with Gasteiger partial charge in [-0.25, -0.2) is 8.42 Å². The molecule has 1 aliphatic heterocycles. The van der Waals surface area contributed by atoms with E-state index in [1.165, 1.54) is 4.31 Å². The molecule has 25 heavy (non-hydrogen) atoms. The van der Waals surface area contributed by atoms with Crippen LogP contribution in [0, 0.1) is 11.8 Å². The first-order valence-corrected chi connectivity index (χ1v) is 9.51. The Morgan fingerprint density at radius 3 is 2.04 bits per heavy atom. The van der Waals surface area contributed by atoms with Gasteiger partial charge in [0.1, 0.15) is 0 Å². The van der Waals surface area contributed by atoms with Crippen LogP contribution in [0.2, 0.25) is 0 Å². The highest BCUT2D eigenvalue weighted by Crippen LogP contribution is 2.39. The summed E-state index contributed by atoms with van der Waals surface area (Å²) in [7, 11) is -3.86. The minimum Gasteiger partial charge on any atom is -0.340 e. The van der Waals surface area contributed by atoms with Gasteiger partial charge in [0.05, 0.1) is 10.5 Å². The Balaban J connectivity index is 1.66. The summed E-state index contributed by atoms with van der Waals surface area (Å²) in [6, 6.07) is 3.48. The summed E-state index contributed by atoms with van der Waals surface area (Å²) in [5.74, 6) is 0.513. The van der Waals surface area contributed by atoms with Gasteiger partial charge in [0.25, 0.3) is 0 Å². The highest BCUT2D eigenvalue weighted by Gasteiger charge is 2.42. The Labute approximate surface area is 144 Å². The molecule has 2 fully saturated rings. The molecule has 1 aromatic rings. The van der Waals surface area contributed by atoms with Crippen molar-refractivity contribution < 1.29 is 26.4 Å². The van der Waals surface area contributed by atoms with Gasteiger partial charge in [0.15, 0.2) is 0 Å². The van der Waals surface area contributed by atoms with Crippen molar-refractivity contribution in [3.8, 4) is 0 Å². The van der Waals surface area contributed by atoms with Crippen LogP contribution in [0.5, 0.6) is 0 Å². The molecule has 1 aromatic carbocycles. The summed E-state index contributed by atoms with van der Waals surface area (Å²) in [5, 5.41) is 0. The van der Waals surface area contributed by atoms with E-state index in [0.717, 1.165) is 30.7 Å². The lowest BCUT2D eigenvalue weighted by atomic mass is 10.2. The van der Waals surface area contributed by atoms with Crippen molar-refractivity contribution in [2.24, 2.45) is 11.8 Å². The van der Waals surface area contributed by atoms with Gasteiger partial charge in [-0.3, -0.25) is 4.79 Å². The highest BCUT2D eigenvalue weighted by atomic mass is 32.2. The average molecular weight is 376 g/mol. The number of benzene rings is 1. The number of hydrogen-bond donors (Lipinski definition) is 0. The van der Waals surface area contributed by atoms with E-state index < -0.39 is 21.8 Å². The van der Waals surface area contributed by atoms with E-state index in [2.05, 4.69) is 0 Å². The molecule has 3 rings (SSSR count). The predicted molar refractivity (Wildman–Crippen MR) is 84.1 cm³/mol. The number of hydrogen-bond acceptors (Lipinski definition) is 3. The molecular formula is C16H19F3N2O3S. The van der Waals surface area contributed by atoms with Crippen LogP contribution >= 0.6 is 0 Å². The number of amides is 1. The molecule has 1 amide bonds. The Kier molecular flexibility index (Phi) is 4.57. The third-order valence-electron chi connectivity index (χ3n) is 4.80. The number of carbonyl (C=O) groups excluding carboxylic acids is 1. The van der Waals surface area contributed by atoms with Gasteiger partial charge < -0.3 is 4.90 Å². The molecule has 0 radical (unpaired) electrons. The van der Waals surface area contributed by atoms with E-state index in [1.807, 2.05) is 6.92 Å². The second-order valence-electron chi connectivity index (χ2n) is 6.57. The quantitative estimate of drug-likeness (QED) is 0.813. The topological polar surface area (TPSA) is 57.7 Å². The van der Waals surface area contributed by atoms with Gasteiger partial charge in [0, 0.05) is 32.1 Å². The van der Waals surface area contributed by atoms with Crippen molar-refractivity contribution in [1.29, 1.82) is 0 Å². The molecule has 0 spiro atoms. The Morgan fingerprint density at radius 1 is 1.08 bits per heavy atom. The predicted octanol–water partition coefficient (Wildman–Crippen LogP) is 2.19. The van der Waals surface area contributed by atoms with Gasteiger partial charge in [-0.1, -0.05) is 6.92 Å². The lowest BCUT2D eigenvalue weighted by molar-refractivity contribution is -0.137. The highest BCUT2D eigenvalue weighted by molar-refractivity contribution is 7.89. The van der Waals surface area contributed by atoms with Crippen molar-refractivity contribution in [3.63, 3.8) is 0 Å². The number of piperazine rings is 1. The summed E-state index contributed by atoms with van der Waals surface area (Å²) < 4.78 is 64.1. The number of halogens is 3. The van der Waals surface area contributed by atoms with Crippen LogP contribution in [0.4, 0.5) is 13.2 Å². The van der Waals surface area contributed by atoms with Crippen molar-refractivity contribution in [3.05, 3.63) is 29.8 Å². The van der Waals surface area contributed by atoms with Gasteiger partial charge in [-0.2, -0.15) is 17.5 Å². The third kappa shape index (κ3) is 3.67. The van der Waals surface area contributed by atoms with Gasteiger partial charge in [0.2, 0.25) is 15.9 Å². The number of carbonyl (C=O) groups is 1. The zero-order valence-corrected chi connectivity index (χ0v) is 14.5. The van der Waals surface area contributed by atoms with E-state index in [-0.39, 0.29) is 29.8 Å². The maximum Gasteiger partial charge on any atom is 0.416 e. The smallest absolute Gasteiger partial charge is 0.340 e. The minimum atomic E-state index is -4.51. The van der Waals surface area contributed by atoms with E-state index in [9.17, 15) is 26.4 Å². The second-order valence-corrected chi connectivity index (χ2v) is 8.51. The number of rotatable bonds is 3. The monoisotopic (exact) mass is 376 g/mol. The number of alkyl halides is 3. The fourth-order valence-electron chi connectivity index (χ4n) is 3.01. The van der Waals surface area contributed by atoms with Crippen LogP contribution in [0.3, 0.4) is 0 Å². The van der Waals surface area contributed by atoms with Crippen LogP contribution in [0.15, 0.2) is 29.2 Å². The fourth-order valence-corrected chi connectivity index (χ4v) is 4.44.